The van der Waals surface area contributed by atoms with Gasteiger partial charge in [0.2, 0.25) is 5.43 Å². The minimum Gasteiger partial charge on any atom is -0.462 e. The Morgan fingerprint density at radius 3 is 2.29 bits per heavy atom. The lowest BCUT2D eigenvalue weighted by molar-refractivity contribution is -0.321. The summed E-state index contributed by atoms with van der Waals surface area (Å²) in [6.45, 7) is 26.7. The first kappa shape index (κ1) is 66.9. The number of esters is 3. The van der Waals surface area contributed by atoms with Crippen molar-refractivity contribution in [2.24, 2.45) is 17.8 Å². The highest BCUT2D eigenvalue weighted by Gasteiger charge is 2.59. The van der Waals surface area contributed by atoms with Gasteiger partial charge in [0.15, 0.2) is 30.4 Å². The molecule has 0 unspecified atom stereocenters. The second-order valence-corrected chi connectivity index (χ2v) is 25.3. The molecule has 4 saturated heterocycles. The third-order valence-electron chi connectivity index (χ3n) is 17.8. The topological polar surface area (TPSA) is 237 Å². The number of cyclic esters (lactones) is 1. The lowest BCUT2D eigenvalue weighted by Gasteiger charge is -2.49. The summed E-state index contributed by atoms with van der Waals surface area (Å²) in [5.74, 6) is -3.95. The summed E-state index contributed by atoms with van der Waals surface area (Å²) in [5.41, 5.74) is -3.03. The molecule has 0 radical (unpaired) electrons. The molecule has 18 atom stereocenters. The molecule has 84 heavy (non-hydrogen) atoms. The van der Waals surface area contributed by atoms with Crippen molar-refractivity contribution < 1.29 is 85.9 Å². The van der Waals surface area contributed by atoms with E-state index in [4.69, 9.17) is 61.6 Å². The van der Waals surface area contributed by atoms with Gasteiger partial charge in [0, 0.05) is 56.1 Å². The van der Waals surface area contributed by atoms with Crippen molar-refractivity contribution in [1.29, 1.82) is 0 Å². The van der Waals surface area contributed by atoms with Crippen LogP contribution in [-0.2, 0) is 83.5 Å². The molecule has 472 valence electrons. The first-order valence-corrected chi connectivity index (χ1v) is 29.8. The molecule has 2 aromatic rings. The smallest absolute Gasteiger partial charge is 0.462 e. The van der Waals surface area contributed by atoms with Crippen molar-refractivity contribution in [1.82, 2.24) is 14.4 Å². The number of hydrogen-bond donors (Lipinski definition) is 1. The molecule has 0 spiro atoms. The van der Waals surface area contributed by atoms with E-state index in [1.165, 1.54) is 13.1 Å². The zero-order valence-corrected chi connectivity index (χ0v) is 52.8. The molecule has 7 rings (SSSR count). The summed E-state index contributed by atoms with van der Waals surface area (Å²) in [7, 11) is 7.30. The highest BCUT2D eigenvalue weighted by molar-refractivity contribution is 5.95. The fraction of sp³-hybridized carbons (Fsp3) is 0.758. The number of nitrogens with zero attached hydrogens (tertiary/aromatic N) is 3. The van der Waals surface area contributed by atoms with Crippen LogP contribution in [0.1, 0.15) is 144 Å². The van der Waals surface area contributed by atoms with Crippen molar-refractivity contribution in [2.75, 3.05) is 61.2 Å². The molecule has 0 amide bonds. The number of fused-ring (bicyclic) bond motifs is 1. The van der Waals surface area contributed by atoms with E-state index < -0.39 is 125 Å². The minimum absolute atomic E-state index is 0.0643. The van der Waals surface area contributed by atoms with E-state index >= 15 is 0 Å². The number of aromatic nitrogens is 1. The summed E-state index contributed by atoms with van der Waals surface area (Å²) in [4.78, 5) is 71.3. The third kappa shape index (κ3) is 14.5. The van der Waals surface area contributed by atoms with Crippen LogP contribution in [0, 0.1) is 17.8 Å². The quantitative estimate of drug-likeness (QED) is 0.0942. The zero-order valence-electron chi connectivity index (χ0n) is 52.8. The Morgan fingerprint density at radius 2 is 1.63 bits per heavy atom. The maximum atomic E-state index is 15.0. The summed E-state index contributed by atoms with van der Waals surface area (Å²) < 4.78 is 83.4. The molecule has 1 N–H and O–H groups in total. The predicted molar refractivity (Wildman–Crippen MR) is 309 cm³/mol. The summed E-state index contributed by atoms with van der Waals surface area (Å²) in [5, 5.41) is 13.4. The average molecular weight is 1190 g/mol. The van der Waals surface area contributed by atoms with E-state index in [0.29, 0.717) is 23.9 Å². The van der Waals surface area contributed by atoms with Crippen molar-refractivity contribution in [3.05, 3.63) is 51.3 Å². The van der Waals surface area contributed by atoms with Gasteiger partial charge in [-0.2, -0.15) is 0 Å². The third-order valence-corrected chi connectivity index (χ3v) is 17.8. The summed E-state index contributed by atoms with van der Waals surface area (Å²) in [6.07, 6.45) is -3.05. The van der Waals surface area contributed by atoms with E-state index in [0.717, 1.165) is 11.1 Å². The highest BCUT2D eigenvalue weighted by atomic mass is 16.8. The van der Waals surface area contributed by atoms with Crippen LogP contribution in [-0.4, -0.2) is 195 Å². The zero-order chi connectivity index (χ0) is 62.0. The Morgan fingerprint density at radius 1 is 0.917 bits per heavy atom. The van der Waals surface area contributed by atoms with E-state index in [2.05, 4.69) is 0 Å². The molecule has 4 fully saturated rings. The maximum Gasteiger partial charge on any atom is 0.509 e. The fourth-order valence-corrected chi connectivity index (χ4v) is 13.4. The SMILES string of the molecule is CCOC(=O)c1cn2c3c(cc(C=CCOCCO[C@H]4[C@H](C)O[C@@H](O[C@H]5[C@H](C)[C@@H](O[C@@H]6O[C@H](C)C[C@H](N(C)C)[C@H]6OC(C)=O)[C@](C)(O)C[C@@H](C)CN(C)[C@H](C)[C@H]6OC(=O)O[C@]6(C)[C@@H](CC)OC(=O)[C@@H]5C)C[C@@]4(C)OC)cc3c1=O)COC2(C)C. The molecule has 22 nitrogen and oxygen atoms in total. The van der Waals surface area contributed by atoms with Crippen LogP contribution in [0.4, 0.5) is 4.79 Å². The van der Waals surface area contributed by atoms with Gasteiger partial charge in [-0.25, -0.2) is 9.59 Å². The minimum atomic E-state index is -1.64. The number of likely N-dealkylation sites (N-methyl/N-ethyl adjacent to an activating group) is 2. The lowest BCUT2D eigenvalue weighted by Crippen LogP contribution is -2.61. The van der Waals surface area contributed by atoms with Gasteiger partial charge in [0.1, 0.15) is 23.5 Å². The van der Waals surface area contributed by atoms with Gasteiger partial charge in [0.25, 0.3) is 0 Å². The number of ether oxygens (including phenoxy) is 13. The van der Waals surface area contributed by atoms with Gasteiger partial charge in [-0.3, -0.25) is 19.3 Å². The molecule has 0 saturated carbocycles. The van der Waals surface area contributed by atoms with Gasteiger partial charge >= 0.3 is 24.1 Å². The van der Waals surface area contributed by atoms with Gasteiger partial charge in [-0.05, 0) is 133 Å². The Bertz CT molecular complexity index is 2730. The average Bonchev–Trinajstić information content (AvgIpc) is 0.970. The van der Waals surface area contributed by atoms with Crippen molar-refractivity contribution >= 4 is 41.0 Å². The molecule has 22 heteroatoms. The van der Waals surface area contributed by atoms with Gasteiger partial charge < -0.3 is 76.2 Å². The Hall–Kier alpha value is -4.59. The first-order chi connectivity index (χ1) is 39.4. The van der Waals surface area contributed by atoms with Crippen LogP contribution in [0.3, 0.4) is 0 Å². The molecule has 5 aliphatic rings. The van der Waals surface area contributed by atoms with Crippen LogP contribution < -0.4 is 5.43 Å². The number of methoxy groups -OCH3 is 1. The van der Waals surface area contributed by atoms with Crippen LogP contribution in [0.15, 0.2) is 29.2 Å². The largest absolute Gasteiger partial charge is 0.509 e. The predicted octanol–water partition coefficient (Wildman–Crippen LogP) is 7.12. The fourth-order valence-electron chi connectivity index (χ4n) is 13.4. The molecule has 1 aromatic carbocycles. The van der Waals surface area contributed by atoms with E-state index in [1.54, 1.807) is 40.9 Å². The monoisotopic (exact) mass is 1190 g/mol. The lowest BCUT2D eigenvalue weighted by atomic mass is 9.77. The summed E-state index contributed by atoms with van der Waals surface area (Å²) in [6, 6.07) is 3.01. The number of carbonyl (C=O) groups is 4. The Kier molecular flexibility index (Phi) is 21.7. The van der Waals surface area contributed by atoms with Crippen LogP contribution >= 0.6 is 0 Å². The van der Waals surface area contributed by atoms with Crippen molar-refractivity contribution in [3.8, 4) is 0 Å². The van der Waals surface area contributed by atoms with Crippen LogP contribution in [0.25, 0.3) is 17.0 Å². The van der Waals surface area contributed by atoms with E-state index in [1.807, 2.05) is 116 Å². The van der Waals surface area contributed by atoms with E-state index in [-0.39, 0.29) is 75.9 Å². The van der Waals surface area contributed by atoms with Crippen molar-refractivity contribution in [2.45, 2.75) is 225 Å². The number of rotatable bonds is 17. The van der Waals surface area contributed by atoms with Crippen LogP contribution in [0.5, 0.6) is 0 Å². The molecular weight excluding hydrogens is 1090 g/mol. The normalized spacial score (nSPS) is 37.0. The molecule has 0 aliphatic carbocycles. The first-order valence-electron chi connectivity index (χ1n) is 29.8. The summed E-state index contributed by atoms with van der Waals surface area (Å²) >= 11 is 0. The number of carbonyl (C=O) groups excluding carboxylic acids is 4. The Labute approximate surface area is 495 Å². The highest BCUT2D eigenvalue weighted by Crippen LogP contribution is 2.43. The number of hydrogen-bond acceptors (Lipinski definition) is 21. The second-order valence-electron chi connectivity index (χ2n) is 25.3. The number of benzene rings is 1. The van der Waals surface area contributed by atoms with E-state index in [9.17, 15) is 29.1 Å². The molecule has 6 heterocycles. The van der Waals surface area contributed by atoms with Gasteiger partial charge in [0.05, 0.1) is 86.1 Å². The molecule has 5 aliphatic heterocycles. The van der Waals surface area contributed by atoms with Gasteiger partial charge in [-0.15, -0.1) is 0 Å². The number of aliphatic hydroxyl groups is 1. The van der Waals surface area contributed by atoms with Gasteiger partial charge in [-0.1, -0.05) is 32.9 Å². The van der Waals surface area contributed by atoms with Crippen LogP contribution in [0.2, 0.25) is 0 Å². The van der Waals surface area contributed by atoms with Crippen molar-refractivity contribution in [3.63, 3.8) is 0 Å². The number of pyridine rings is 1. The molecule has 1 aromatic heterocycles. The molecule has 0 bridgehead atoms. The molecular formula is C62H95N3O19. The Balaban J connectivity index is 1.12. The second kappa shape index (κ2) is 27.2. The maximum absolute atomic E-state index is 15.0. The standard InChI is InChI=1S/C62H95N3O19/c1-19-46-62(14)53(83-58(70)84-62)38(7)64(17)31-34(3)29-60(12,71)52(82-57-51(79-40(9)66)45(63(15)16)26-35(4)77-57)36(5)50(37(6)55(68)80-46)81-47-30-61(13,72-18)54(39(8)78-47)75-25-24-73-23-21-22-41-27-42-33-76-59(10,11)65-32-44(56(69)74-20-2)49(67)43(28-41)48(42)65/h21-22,27-28,32,34-39,45-47,50-54,57,71H,19-20,23-26,29-31,33H2,1-18H3/t34-,35-,36+,37-,38-,39+,45+,46-,47+,50+,51-,52-,53-,54+,57+,60-,61-,62-/m1/s1.